The fourth-order valence-corrected chi connectivity index (χ4v) is 2.00. The molecule has 2 N–H and O–H groups in total. The SMILES string of the molecule is COC(C)(C)CNCC(O)COCc1cccs1. The van der Waals surface area contributed by atoms with Crippen LogP contribution in [-0.4, -0.2) is 43.6 Å². The lowest BCUT2D eigenvalue weighted by Crippen LogP contribution is -2.40. The van der Waals surface area contributed by atoms with Crippen molar-refractivity contribution in [2.45, 2.75) is 32.2 Å². The third-order valence-corrected chi connectivity index (χ3v) is 3.47. The normalized spacial score (nSPS) is 13.8. The molecule has 4 nitrogen and oxygen atoms in total. The van der Waals surface area contributed by atoms with E-state index in [0.717, 1.165) is 0 Å². The Labute approximate surface area is 113 Å². The van der Waals surface area contributed by atoms with Crippen molar-refractivity contribution in [3.63, 3.8) is 0 Å². The maximum atomic E-state index is 9.72. The van der Waals surface area contributed by atoms with Gasteiger partial charge in [0.15, 0.2) is 0 Å². The highest BCUT2D eigenvalue weighted by Crippen LogP contribution is 2.09. The topological polar surface area (TPSA) is 50.7 Å². The van der Waals surface area contributed by atoms with Gasteiger partial charge >= 0.3 is 0 Å². The van der Waals surface area contributed by atoms with Crippen molar-refractivity contribution in [2.24, 2.45) is 0 Å². The molecule has 0 saturated heterocycles. The highest BCUT2D eigenvalue weighted by Gasteiger charge is 2.16. The molecule has 5 heteroatoms. The molecule has 0 aromatic carbocycles. The summed E-state index contributed by atoms with van der Waals surface area (Å²) in [6.07, 6.45) is -0.488. The number of nitrogens with one attached hydrogen (secondary N) is 1. The molecule has 0 aliphatic heterocycles. The highest BCUT2D eigenvalue weighted by molar-refractivity contribution is 7.09. The van der Waals surface area contributed by atoms with Crippen molar-refractivity contribution in [3.8, 4) is 0 Å². The van der Waals surface area contributed by atoms with E-state index in [1.807, 2.05) is 31.4 Å². The van der Waals surface area contributed by atoms with Gasteiger partial charge in [0.05, 0.1) is 24.9 Å². The summed E-state index contributed by atoms with van der Waals surface area (Å²) in [5.74, 6) is 0. The fourth-order valence-electron chi connectivity index (χ4n) is 1.36. The lowest BCUT2D eigenvalue weighted by atomic mass is 10.1. The molecule has 1 aromatic heterocycles. The van der Waals surface area contributed by atoms with Crippen LogP contribution in [0, 0.1) is 0 Å². The third kappa shape index (κ3) is 6.47. The van der Waals surface area contributed by atoms with Crippen molar-refractivity contribution in [1.29, 1.82) is 0 Å². The van der Waals surface area contributed by atoms with Crippen LogP contribution in [0.3, 0.4) is 0 Å². The summed E-state index contributed by atoms with van der Waals surface area (Å²) in [5, 5.41) is 14.9. The zero-order valence-corrected chi connectivity index (χ0v) is 12.1. The van der Waals surface area contributed by atoms with Gasteiger partial charge in [0.1, 0.15) is 0 Å². The van der Waals surface area contributed by atoms with Gasteiger partial charge in [0.2, 0.25) is 0 Å². The Morgan fingerprint density at radius 3 is 2.89 bits per heavy atom. The number of rotatable bonds is 9. The molecule has 1 rings (SSSR count). The second-order valence-corrected chi connectivity index (χ2v) is 5.88. The van der Waals surface area contributed by atoms with E-state index < -0.39 is 6.10 Å². The van der Waals surface area contributed by atoms with Crippen molar-refractivity contribution >= 4 is 11.3 Å². The van der Waals surface area contributed by atoms with Crippen LogP contribution in [0.15, 0.2) is 17.5 Å². The minimum Gasteiger partial charge on any atom is -0.389 e. The van der Waals surface area contributed by atoms with Crippen LogP contribution in [0.1, 0.15) is 18.7 Å². The lowest BCUT2D eigenvalue weighted by Gasteiger charge is -2.24. The van der Waals surface area contributed by atoms with Gasteiger partial charge in [-0.15, -0.1) is 11.3 Å². The maximum absolute atomic E-state index is 9.72. The summed E-state index contributed by atoms with van der Waals surface area (Å²) in [6.45, 7) is 6.12. The highest BCUT2D eigenvalue weighted by atomic mass is 32.1. The van der Waals surface area contributed by atoms with Crippen LogP contribution in [0.5, 0.6) is 0 Å². The summed E-state index contributed by atoms with van der Waals surface area (Å²) in [6, 6.07) is 4.02. The smallest absolute Gasteiger partial charge is 0.0897 e. The minimum atomic E-state index is -0.488. The number of methoxy groups -OCH3 is 1. The molecule has 0 aliphatic rings. The molecule has 1 atom stereocenters. The molecule has 104 valence electrons. The molecular weight excluding hydrogens is 250 g/mol. The average Bonchev–Trinajstić information content (AvgIpc) is 2.82. The molecular formula is C13H23NO3S. The van der Waals surface area contributed by atoms with Gasteiger partial charge in [-0.05, 0) is 25.3 Å². The first-order chi connectivity index (χ1) is 8.53. The summed E-state index contributed by atoms with van der Waals surface area (Å²) in [4.78, 5) is 1.18. The Hall–Kier alpha value is -0.460. The predicted molar refractivity (Wildman–Crippen MR) is 73.9 cm³/mol. The van der Waals surface area contributed by atoms with E-state index in [-0.39, 0.29) is 5.60 Å². The molecule has 0 amide bonds. The predicted octanol–water partition coefficient (Wildman–Crippen LogP) is 1.64. The molecule has 1 aromatic rings. The monoisotopic (exact) mass is 273 g/mol. The van der Waals surface area contributed by atoms with Crippen LogP contribution in [0.4, 0.5) is 0 Å². The van der Waals surface area contributed by atoms with E-state index in [0.29, 0.717) is 26.3 Å². The van der Waals surface area contributed by atoms with Gasteiger partial charge in [-0.3, -0.25) is 0 Å². The van der Waals surface area contributed by atoms with Crippen molar-refractivity contribution in [1.82, 2.24) is 5.32 Å². The van der Waals surface area contributed by atoms with Crippen molar-refractivity contribution < 1.29 is 14.6 Å². The van der Waals surface area contributed by atoms with Crippen molar-refractivity contribution in [3.05, 3.63) is 22.4 Å². The van der Waals surface area contributed by atoms with E-state index in [4.69, 9.17) is 9.47 Å². The van der Waals surface area contributed by atoms with Gasteiger partial charge in [0.25, 0.3) is 0 Å². The standard InChI is InChI=1S/C13H23NO3S/c1-13(2,16-3)10-14-7-11(15)8-17-9-12-5-4-6-18-12/h4-6,11,14-15H,7-10H2,1-3H3. The fraction of sp³-hybridized carbons (Fsp3) is 0.692. The second-order valence-electron chi connectivity index (χ2n) is 4.84. The Balaban J connectivity index is 2.05. The van der Waals surface area contributed by atoms with E-state index in [1.54, 1.807) is 18.4 Å². The Morgan fingerprint density at radius 2 is 2.28 bits per heavy atom. The first kappa shape index (κ1) is 15.6. The first-order valence-corrected chi connectivity index (χ1v) is 6.95. The quantitative estimate of drug-likeness (QED) is 0.718. The van der Waals surface area contributed by atoms with E-state index >= 15 is 0 Å². The molecule has 18 heavy (non-hydrogen) atoms. The number of hydrogen-bond donors (Lipinski definition) is 2. The Morgan fingerprint density at radius 1 is 1.50 bits per heavy atom. The molecule has 0 aliphatic carbocycles. The Kier molecular flexibility index (Phi) is 6.81. The van der Waals surface area contributed by atoms with E-state index in [9.17, 15) is 5.11 Å². The number of ether oxygens (including phenoxy) is 2. The van der Waals surface area contributed by atoms with E-state index in [2.05, 4.69) is 5.32 Å². The molecule has 0 saturated carbocycles. The summed E-state index contributed by atoms with van der Waals surface area (Å²) < 4.78 is 10.7. The van der Waals surface area contributed by atoms with Gasteiger partial charge in [-0.2, -0.15) is 0 Å². The summed E-state index contributed by atoms with van der Waals surface area (Å²) in [7, 11) is 1.68. The molecule has 1 unspecified atom stereocenters. The van der Waals surface area contributed by atoms with Crippen molar-refractivity contribution in [2.75, 3.05) is 26.8 Å². The van der Waals surface area contributed by atoms with Crippen LogP contribution in [-0.2, 0) is 16.1 Å². The summed E-state index contributed by atoms with van der Waals surface area (Å²) >= 11 is 1.66. The van der Waals surface area contributed by atoms with Crippen LogP contribution in [0.25, 0.3) is 0 Å². The Bertz CT molecular complexity index is 314. The summed E-state index contributed by atoms with van der Waals surface area (Å²) in [5.41, 5.74) is -0.211. The number of thiophene rings is 1. The van der Waals surface area contributed by atoms with E-state index in [1.165, 1.54) is 4.88 Å². The minimum absolute atomic E-state index is 0.211. The van der Waals surface area contributed by atoms with Crippen LogP contribution in [0.2, 0.25) is 0 Å². The third-order valence-electron chi connectivity index (χ3n) is 2.62. The number of aliphatic hydroxyl groups is 1. The zero-order valence-electron chi connectivity index (χ0n) is 11.3. The second kappa shape index (κ2) is 7.86. The van der Waals surface area contributed by atoms with Crippen LogP contribution < -0.4 is 5.32 Å². The first-order valence-electron chi connectivity index (χ1n) is 6.07. The molecule has 0 radical (unpaired) electrons. The largest absolute Gasteiger partial charge is 0.389 e. The maximum Gasteiger partial charge on any atom is 0.0897 e. The lowest BCUT2D eigenvalue weighted by molar-refractivity contribution is 0.00964. The van der Waals surface area contributed by atoms with Gasteiger partial charge in [0, 0.05) is 25.1 Å². The zero-order chi connectivity index (χ0) is 13.4. The van der Waals surface area contributed by atoms with Gasteiger partial charge in [-0.1, -0.05) is 6.07 Å². The van der Waals surface area contributed by atoms with Gasteiger partial charge < -0.3 is 19.9 Å². The molecule has 0 spiro atoms. The molecule has 0 fully saturated rings. The molecule has 0 bridgehead atoms. The van der Waals surface area contributed by atoms with Gasteiger partial charge in [-0.25, -0.2) is 0 Å². The number of hydrogen-bond acceptors (Lipinski definition) is 5. The van der Waals surface area contributed by atoms with Crippen LogP contribution >= 0.6 is 11.3 Å². The average molecular weight is 273 g/mol. The molecule has 1 heterocycles. The number of aliphatic hydroxyl groups excluding tert-OH is 1.